The molecule has 1 amide bonds. The normalized spacial score (nSPS) is 17.4. The Kier molecular flexibility index (Phi) is 20.1. The molecular formula is C32H52ClN3O2. The minimum absolute atomic E-state index is 0.00469. The number of rotatable bonds is 11. The van der Waals surface area contributed by atoms with Crippen LogP contribution in [-0.4, -0.2) is 36.2 Å². The largest absolute Gasteiger partial charge is 0.508 e. The van der Waals surface area contributed by atoms with Gasteiger partial charge in [-0.25, -0.2) is 0 Å². The second-order valence-corrected chi connectivity index (χ2v) is 10.3. The lowest BCUT2D eigenvalue weighted by Crippen LogP contribution is -2.37. The average molecular weight is 546 g/mol. The topological polar surface area (TPSA) is 73.4 Å². The second-order valence-electron chi connectivity index (χ2n) is 9.84. The molecular weight excluding hydrogens is 494 g/mol. The number of aliphatic hydroxyl groups excluding tert-OH is 1. The Morgan fingerprint density at radius 2 is 1.55 bits per heavy atom. The molecule has 5 nitrogen and oxygen atoms in total. The molecule has 1 aliphatic rings. The fraction of sp³-hybridized carbons (Fsp3) is 0.469. The number of amides is 1. The molecule has 0 aliphatic carbocycles. The molecule has 0 saturated carbocycles. The first-order valence-electron chi connectivity index (χ1n) is 13.3. The van der Waals surface area contributed by atoms with Crippen LogP contribution in [0.25, 0.3) is 0 Å². The van der Waals surface area contributed by atoms with Crippen LogP contribution in [0.1, 0.15) is 68.2 Å². The van der Waals surface area contributed by atoms with Crippen molar-refractivity contribution in [2.75, 3.05) is 13.1 Å². The molecule has 1 rings (SSSR count). The van der Waals surface area contributed by atoms with E-state index in [1.54, 1.807) is 12.2 Å². The van der Waals surface area contributed by atoms with Crippen LogP contribution in [-0.2, 0) is 4.79 Å². The average Bonchev–Trinajstić information content (AvgIpc) is 2.85. The van der Waals surface area contributed by atoms with Gasteiger partial charge in [0.05, 0.1) is 5.03 Å². The monoisotopic (exact) mass is 545 g/mol. The Labute approximate surface area is 237 Å². The van der Waals surface area contributed by atoms with Crippen LogP contribution in [0.5, 0.6) is 0 Å². The number of carbonyl (C=O) groups excluding carboxylic acids is 1. The third kappa shape index (κ3) is 17.0. The quantitative estimate of drug-likeness (QED) is 0.121. The molecule has 0 aromatic carbocycles. The van der Waals surface area contributed by atoms with Gasteiger partial charge in [-0.15, -0.1) is 0 Å². The summed E-state index contributed by atoms with van der Waals surface area (Å²) in [4.78, 5) is 11.3. The van der Waals surface area contributed by atoms with Gasteiger partial charge in [-0.2, -0.15) is 0 Å². The Hall–Kier alpha value is -2.60. The maximum Gasteiger partial charge on any atom is 0.247 e. The fourth-order valence-corrected chi connectivity index (χ4v) is 3.77. The number of aliphatic hydroxyl groups is 1. The number of piperidine rings is 1. The highest BCUT2D eigenvalue weighted by Gasteiger charge is 2.20. The minimum atomic E-state index is -0.345. The maximum atomic E-state index is 11.3. The third-order valence-electron chi connectivity index (χ3n) is 5.81. The van der Waals surface area contributed by atoms with Crippen molar-refractivity contribution < 1.29 is 9.90 Å². The highest BCUT2D eigenvalue weighted by atomic mass is 35.5. The van der Waals surface area contributed by atoms with Gasteiger partial charge in [-0.3, -0.25) is 4.79 Å². The van der Waals surface area contributed by atoms with Crippen molar-refractivity contribution in [2.45, 2.75) is 80.3 Å². The zero-order chi connectivity index (χ0) is 29.9. The van der Waals surface area contributed by atoms with E-state index in [1.165, 1.54) is 32.1 Å². The predicted octanol–water partition coefficient (Wildman–Crippen LogP) is 7.79. The summed E-state index contributed by atoms with van der Waals surface area (Å²) in [5, 5.41) is 19.6. The van der Waals surface area contributed by atoms with E-state index in [1.807, 2.05) is 53.7 Å². The summed E-state index contributed by atoms with van der Waals surface area (Å²) in [7, 11) is 0. The summed E-state index contributed by atoms with van der Waals surface area (Å²) < 4.78 is 0. The van der Waals surface area contributed by atoms with E-state index in [0.29, 0.717) is 16.0 Å². The van der Waals surface area contributed by atoms with Crippen molar-refractivity contribution in [3.63, 3.8) is 0 Å². The van der Waals surface area contributed by atoms with Crippen LogP contribution in [0.2, 0.25) is 0 Å². The highest BCUT2D eigenvalue weighted by Crippen LogP contribution is 2.25. The van der Waals surface area contributed by atoms with Crippen LogP contribution >= 0.6 is 11.6 Å². The van der Waals surface area contributed by atoms with E-state index in [4.69, 9.17) is 11.6 Å². The predicted molar refractivity (Wildman–Crippen MR) is 168 cm³/mol. The van der Waals surface area contributed by atoms with E-state index in [2.05, 4.69) is 56.1 Å². The number of hydrogen-bond acceptors (Lipinski definition) is 4. The molecule has 1 saturated heterocycles. The molecule has 0 radical (unpaired) electrons. The minimum Gasteiger partial charge on any atom is -0.508 e. The first-order chi connectivity index (χ1) is 17.7. The van der Waals surface area contributed by atoms with Gasteiger partial charge in [-0.1, -0.05) is 95.0 Å². The molecule has 0 aromatic rings. The van der Waals surface area contributed by atoms with Gasteiger partial charge in [0.25, 0.3) is 0 Å². The summed E-state index contributed by atoms with van der Waals surface area (Å²) in [6.45, 7) is 33.5. The van der Waals surface area contributed by atoms with Gasteiger partial charge in [0, 0.05) is 23.9 Å². The summed E-state index contributed by atoms with van der Waals surface area (Å²) in [6, 6.07) is -0.317. The summed E-state index contributed by atoms with van der Waals surface area (Å²) in [5.41, 5.74) is 3.92. The summed E-state index contributed by atoms with van der Waals surface area (Å²) in [5.74, 6) is -0.350. The molecule has 1 fully saturated rings. The molecule has 4 N–H and O–H groups in total. The van der Waals surface area contributed by atoms with Crippen molar-refractivity contribution in [1.82, 2.24) is 16.0 Å². The summed E-state index contributed by atoms with van der Waals surface area (Å²) in [6.07, 6.45) is 12.4. The van der Waals surface area contributed by atoms with E-state index in [9.17, 15) is 9.90 Å². The first-order valence-corrected chi connectivity index (χ1v) is 13.6. The van der Waals surface area contributed by atoms with Crippen molar-refractivity contribution in [2.24, 2.45) is 5.41 Å². The molecule has 2 atom stereocenters. The second kappa shape index (κ2) is 20.4. The van der Waals surface area contributed by atoms with Gasteiger partial charge < -0.3 is 21.1 Å². The smallest absolute Gasteiger partial charge is 0.247 e. The van der Waals surface area contributed by atoms with Crippen LogP contribution in [0.3, 0.4) is 0 Å². The number of carbonyl (C=O) groups is 1. The van der Waals surface area contributed by atoms with Gasteiger partial charge in [0.15, 0.2) is 0 Å². The lowest BCUT2D eigenvalue weighted by Gasteiger charge is -2.29. The maximum absolute atomic E-state index is 11.3. The lowest BCUT2D eigenvalue weighted by atomic mass is 9.83. The highest BCUT2D eigenvalue weighted by molar-refractivity contribution is 6.31. The number of allylic oxidation sites excluding steroid dienone is 6. The molecule has 1 heterocycles. The van der Waals surface area contributed by atoms with Crippen molar-refractivity contribution in [3.8, 4) is 0 Å². The van der Waals surface area contributed by atoms with E-state index < -0.39 is 0 Å². The summed E-state index contributed by atoms with van der Waals surface area (Å²) >= 11 is 6.20. The van der Waals surface area contributed by atoms with E-state index in [0.717, 1.165) is 22.8 Å². The Bertz CT molecular complexity index is 915. The third-order valence-corrected chi connectivity index (χ3v) is 6.03. The number of nitrogens with one attached hydrogen (secondary N) is 3. The first kappa shape index (κ1) is 37.6. The van der Waals surface area contributed by atoms with Crippen molar-refractivity contribution >= 4 is 17.5 Å². The van der Waals surface area contributed by atoms with Gasteiger partial charge in [0.1, 0.15) is 5.76 Å². The zero-order valence-corrected chi connectivity index (χ0v) is 25.8. The van der Waals surface area contributed by atoms with Crippen molar-refractivity contribution in [1.29, 1.82) is 0 Å². The zero-order valence-electron chi connectivity index (χ0n) is 25.0. The molecule has 0 bridgehead atoms. The SMILES string of the molecule is C=C/C=C(C)\C=C(\C(=C)O)C(C)NC(C)/C(=C/C(Cl)=C\NC(=O)C=C)C(=C)C.CC.CC1(C)CCNCC1. The lowest BCUT2D eigenvalue weighted by molar-refractivity contribution is -0.115. The molecule has 0 spiro atoms. The molecule has 38 heavy (non-hydrogen) atoms. The Morgan fingerprint density at radius 3 is 1.95 bits per heavy atom. The van der Waals surface area contributed by atoms with Gasteiger partial charge >= 0.3 is 0 Å². The Balaban J connectivity index is 0. The van der Waals surface area contributed by atoms with Gasteiger partial charge in [0.2, 0.25) is 5.91 Å². The van der Waals surface area contributed by atoms with E-state index >= 15 is 0 Å². The van der Waals surface area contributed by atoms with Crippen LogP contribution < -0.4 is 16.0 Å². The molecule has 214 valence electrons. The van der Waals surface area contributed by atoms with Crippen molar-refractivity contribution in [3.05, 3.63) is 96.0 Å². The number of hydrogen-bond donors (Lipinski definition) is 4. The number of halogens is 1. The standard InChI is InChI=1S/C23H31ClN2O2.C7H15N.C2H6/c1-9-11-16(5)12-22(19(8)27)18(7)26-17(6)21(15(3)4)13-20(24)14-25-23(28)10-2;1-7(2)3-5-8-6-4-7;1-2/h9-14,17-18,26-27H,1-3,8H2,4-7H3,(H,25,28);8H,3-6H2,1-2H3;1-2H3/b16-11-,20-14+,21-13+,22-12+;;. The van der Waals surface area contributed by atoms with E-state index in [-0.39, 0.29) is 23.8 Å². The molecule has 2 unspecified atom stereocenters. The molecule has 1 aliphatic heterocycles. The van der Waals surface area contributed by atoms with Crippen LogP contribution in [0.15, 0.2) is 96.0 Å². The Morgan fingerprint density at radius 1 is 1.03 bits per heavy atom. The van der Waals surface area contributed by atoms with Crippen LogP contribution in [0.4, 0.5) is 0 Å². The molecule has 6 heteroatoms. The van der Waals surface area contributed by atoms with Gasteiger partial charge in [-0.05, 0) is 76.8 Å². The molecule has 0 aromatic heterocycles. The van der Waals surface area contributed by atoms with Crippen LogP contribution in [0, 0.1) is 5.41 Å². The fourth-order valence-electron chi connectivity index (χ4n) is 3.60.